The van der Waals surface area contributed by atoms with Gasteiger partial charge in [-0.25, -0.2) is 0 Å². The first-order valence-corrected chi connectivity index (χ1v) is 7.54. The number of nitro benzene ring substituents is 1. The summed E-state index contributed by atoms with van der Waals surface area (Å²) in [4.78, 5) is 22.3. The molecule has 1 N–H and O–H groups in total. The van der Waals surface area contributed by atoms with E-state index in [-0.39, 0.29) is 17.5 Å². The molecule has 0 saturated carbocycles. The Balaban J connectivity index is 1.94. The van der Waals surface area contributed by atoms with Crippen LogP contribution in [0.15, 0.2) is 24.4 Å². The number of nitrogens with one attached hydrogen (secondary N) is 1. The third-order valence-corrected chi connectivity index (χ3v) is 4.31. The monoisotopic (exact) mass is 314 g/mol. The molecule has 0 amide bonds. The number of hydrogen-bond acceptors (Lipinski definition) is 5. The average Bonchev–Trinajstić information content (AvgIpc) is 2.90. The zero-order valence-corrected chi connectivity index (χ0v) is 13.1. The van der Waals surface area contributed by atoms with E-state index >= 15 is 0 Å². The van der Waals surface area contributed by atoms with Crippen molar-refractivity contribution in [3.8, 4) is 0 Å². The molecule has 1 unspecified atom stereocenters. The van der Waals surface area contributed by atoms with Gasteiger partial charge in [0.15, 0.2) is 5.78 Å². The van der Waals surface area contributed by atoms with Crippen LogP contribution in [0.5, 0.6) is 0 Å². The minimum Gasteiger partial charge on any atom is -0.373 e. The lowest BCUT2D eigenvalue weighted by molar-refractivity contribution is -0.384. The fourth-order valence-corrected chi connectivity index (χ4v) is 3.07. The van der Waals surface area contributed by atoms with Crippen LogP contribution in [0.4, 0.5) is 11.4 Å². The molecule has 1 aromatic carbocycles. The molecule has 0 spiro atoms. The van der Waals surface area contributed by atoms with E-state index in [0.29, 0.717) is 11.3 Å². The first-order valence-electron chi connectivity index (χ1n) is 7.54. The van der Waals surface area contributed by atoms with E-state index in [0.717, 1.165) is 30.5 Å². The van der Waals surface area contributed by atoms with Crippen LogP contribution in [0.3, 0.4) is 0 Å². The van der Waals surface area contributed by atoms with E-state index in [1.54, 1.807) is 12.1 Å². The smallest absolute Gasteiger partial charge is 0.293 e. The molecular formula is C16H18N4O3. The molecule has 23 heavy (non-hydrogen) atoms. The minimum absolute atomic E-state index is 0.00525. The second-order valence-electron chi connectivity index (χ2n) is 5.80. The third-order valence-electron chi connectivity index (χ3n) is 4.31. The van der Waals surface area contributed by atoms with Crippen molar-refractivity contribution in [3.63, 3.8) is 0 Å². The van der Waals surface area contributed by atoms with Crippen LogP contribution in [-0.4, -0.2) is 20.5 Å². The Morgan fingerprint density at radius 3 is 2.96 bits per heavy atom. The van der Waals surface area contributed by atoms with Gasteiger partial charge in [-0.1, -0.05) is 0 Å². The number of anilines is 1. The van der Waals surface area contributed by atoms with Crippen molar-refractivity contribution in [1.29, 1.82) is 0 Å². The van der Waals surface area contributed by atoms with Crippen LogP contribution < -0.4 is 5.32 Å². The van der Waals surface area contributed by atoms with Crippen LogP contribution in [-0.2, 0) is 13.5 Å². The number of fused-ring (bicyclic) bond motifs is 1. The second-order valence-corrected chi connectivity index (χ2v) is 5.80. The summed E-state index contributed by atoms with van der Waals surface area (Å²) in [6, 6.07) is 4.55. The van der Waals surface area contributed by atoms with Crippen molar-refractivity contribution >= 4 is 17.2 Å². The molecule has 1 atom stereocenters. The van der Waals surface area contributed by atoms with Crippen LogP contribution >= 0.6 is 0 Å². The maximum Gasteiger partial charge on any atom is 0.293 e. The van der Waals surface area contributed by atoms with Gasteiger partial charge in [-0.2, -0.15) is 5.10 Å². The van der Waals surface area contributed by atoms with E-state index in [1.807, 2.05) is 17.9 Å². The van der Waals surface area contributed by atoms with Crippen molar-refractivity contribution in [3.05, 3.63) is 51.3 Å². The van der Waals surface area contributed by atoms with Gasteiger partial charge in [0.05, 0.1) is 17.2 Å². The lowest BCUT2D eigenvalue weighted by Crippen LogP contribution is -2.18. The molecular weight excluding hydrogens is 296 g/mol. The quantitative estimate of drug-likeness (QED) is 0.532. The van der Waals surface area contributed by atoms with E-state index in [2.05, 4.69) is 10.4 Å². The molecule has 1 aromatic heterocycles. The largest absolute Gasteiger partial charge is 0.373 e. The van der Waals surface area contributed by atoms with E-state index < -0.39 is 4.92 Å². The van der Waals surface area contributed by atoms with Gasteiger partial charge in [-0.15, -0.1) is 0 Å². The van der Waals surface area contributed by atoms with Crippen molar-refractivity contribution < 1.29 is 9.72 Å². The lowest BCUT2D eigenvalue weighted by atomic mass is 9.92. The summed E-state index contributed by atoms with van der Waals surface area (Å²) < 4.78 is 1.86. The van der Waals surface area contributed by atoms with Gasteiger partial charge in [0.2, 0.25) is 0 Å². The Morgan fingerprint density at radius 1 is 1.48 bits per heavy atom. The van der Waals surface area contributed by atoms with E-state index in [4.69, 9.17) is 0 Å². The summed E-state index contributed by atoms with van der Waals surface area (Å²) >= 11 is 0. The second kappa shape index (κ2) is 5.83. The number of benzene rings is 1. The number of rotatable bonds is 4. The number of ketones is 1. The first kappa shape index (κ1) is 15.2. The molecule has 1 aliphatic carbocycles. The van der Waals surface area contributed by atoms with Crippen molar-refractivity contribution in [2.24, 2.45) is 7.05 Å². The zero-order valence-electron chi connectivity index (χ0n) is 13.1. The molecule has 0 saturated heterocycles. The molecule has 0 aliphatic heterocycles. The maximum atomic E-state index is 11.4. The van der Waals surface area contributed by atoms with Gasteiger partial charge in [0.25, 0.3) is 5.69 Å². The van der Waals surface area contributed by atoms with Gasteiger partial charge >= 0.3 is 0 Å². The Bertz CT molecular complexity index is 782. The lowest BCUT2D eigenvalue weighted by Gasteiger charge is -2.24. The molecule has 2 aromatic rings. The molecule has 0 radical (unpaired) electrons. The van der Waals surface area contributed by atoms with Gasteiger partial charge in [0, 0.05) is 29.9 Å². The summed E-state index contributed by atoms with van der Waals surface area (Å²) in [7, 11) is 1.91. The van der Waals surface area contributed by atoms with Crippen molar-refractivity contribution in [2.45, 2.75) is 32.2 Å². The summed E-state index contributed by atoms with van der Waals surface area (Å²) in [5, 5.41) is 18.9. The highest BCUT2D eigenvalue weighted by Gasteiger charge is 2.26. The Morgan fingerprint density at radius 2 is 2.26 bits per heavy atom. The molecule has 0 bridgehead atoms. The minimum atomic E-state index is -0.457. The molecule has 1 aliphatic rings. The topological polar surface area (TPSA) is 90.1 Å². The number of carbonyl (C=O) groups is 1. The molecule has 7 nitrogen and oxygen atoms in total. The highest BCUT2D eigenvalue weighted by molar-refractivity contribution is 5.95. The van der Waals surface area contributed by atoms with Gasteiger partial charge < -0.3 is 5.32 Å². The predicted molar refractivity (Wildman–Crippen MR) is 85.6 cm³/mol. The van der Waals surface area contributed by atoms with Crippen molar-refractivity contribution in [2.75, 3.05) is 5.32 Å². The summed E-state index contributed by atoms with van der Waals surface area (Å²) in [5.41, 5.74) is 2.95. The fourth-order valence-electron chi connectivity index (χ4n) is 3.07. The average molecular weight is 314 g/mol. The van der Waals surface area contributed by atoms with Crippen molar-refractivity contribution in [1.82, 2.24) is 9.78 Å². The molecule has 1 heterocycles. The van der Waals surface area contributed by atoms with Gasteiger partial charge in [-0.05, 0) is 38.3 Å². The summed E-state index contributed by atoms with van der Waals surface area (Å²) in [5.74, 6) is -0.188. The third kappa shape index (κ3) is 2.81. The maximum absolute atomic E-state index is 11.4. The SMILES string of the molecule is CC(=O)c1ccc(NC2CCCc3c2cnn3C)c([N+](=O)[O-])c1. The number of hydrogen-bond donors (Lipinski definition) is 1. The fraction of sp³-hybridized carbons (Fsp3) is 0.375. The van der Waals surface area contributed by atoms with Gasteiger partial charge in [0.1, 0.15) is 5.69 Å². The summed E-state index contributed by atoms with van der Waals surface area (Å²) in [6.45, 7) is 1.40. The summed E-state index contributed by atoms with van der Waals surface area (Å²) in [6.07, 6.45) is 4.69. The van der Waals surface area contributed by atoms with E-state index in [9.17, 15) is 14.9 Å². The number of aromatic nitrogens is 2. The van der Waals surface area contributed by atoms with Gasteiger partial charge in [-0.3, -0.25) is 19.6 Å². The number of Topliss-reactive ketones (excluding diaryl/α,β-unsaturated/α-hetero) is 1. The predicted octanol–water partition coefficient (Wildman–Crippen LogP) is 3.02. The number of aryl methyl sites for hydroxylation is 1. The standard InChI is InChI=1S/C16H18N4O3/c1-10(21)11-6-7-14(16(8-11)20(22)23)18-13-4-3-5-15-12(13)9-17-19(15)2/h6-9,13,18H,3-5H2,1-2H3. The van der Waals surface area contributed by atoms with Crippen LogP contribution in [0.25, 0.3) is 0 Å². The highest BCUT2D eigenvalue weighted by Crippen LogP contribution is 2.35. The van der Waals surface area contributed by atoms with E-state index in [1.165, 1.54) is 13.0 Å². The molecule has 120 valence electrons. The first-order chi connectivity index (χ1) is 11.0. The zero-order chi connectivity index (χ0) is 16.6. The Labute approximate surface area is 133 Å². The molecule has 7 heteroatoms. The van der Waals surface area contributed by atoms with Crippen LogP contribution in [0, 0.1) is 10.1 Å². The Kier molecular flexibility index (Phi) is 3.85. The number of nitro groups is 1. The van der Waals surface area contributed by atoms with Crippen LogP contribution in [0.1, 0.15) is 47.4 Å². The normalized spacial score (nSPS) is 16.7. The Hall–Kier alpha value is -2.70. The van der Waals surface area contributed by atoms with Crippen LogP contribution in [0.2, 0.25) is 0 Å². The number of nitrogens with zero attached hydrogens (tertiary/aromatic N) is 3. The molecule has 3 rings (SSSR count). The molecule has 0 fully saturated rings. The number of carbonyl (C=O) groups excluding carboxylic acids is 1. The highest BCUT2D eigenvalue weighted by atomic mass is 16.6.